The highest BCUT2D eigenvalue weighted by molar-refractivity contribution is 7.92. The van der Waals surface area contributed by atoms with E-state index in [1.54, 1.807) is 25.1 Å². The largest absolute Gasteiger partial charge is 0.456 e. The maximum atomic E-state index is 12.2. The molecule has 0 saturated heterocycles. The van der Waals surface area contributed by atoms with Crippen molar-refractivity contribution in [1.29, 1.82) is 0 Å². The Morgan fingerprint density at radius 2 is 1.64 bits per heavy atom. The number of esters is 1. The van der Waals surface area contributed by atoms with Crippen molar-refractivity contribution < 1.29 is 22.7 Å². The zero-order valence-corrected chi connectivity index (χ0v) is 16.9. The molecular weight excluding hydrogens is 378 g/mol. The second-order valence-corrected chi connectivity index (χ2v) is 8.13. The van der Waals surface area contributed by atoms with Gasteiger partial charge in [0.25, 0.3) is 0 Å². The van der Waals surface area contributed by atoms with Crippen LogP contribution >= 0.6 is 0 Å². The van der Waals surface area contributed by atoms with E-state index in [4.69, 9.17) is 4.74 Å². The van der Waals surface area contributed by atoms with Crippen molar-refractivity contribution in [2.45, 2.75) is 20.8 Å². The molecule has 28 heavy (non-hydrogen) atoms. The fourth-order valence-electron chi connectivity index (χ4n) is 2.36. The van der Waals surface area contributed by atoms with E-state index in [0.717, 1.165) is 27.7 Å². The second kappa shape index (κ2) is 9.43. The molecule has 0 spiro atoms. The van der Waals surface area contributed by atoms with Crippen molar-refractivity contribution in [2.75, 3.05) is 13.2 Å². The Hall–Kier alpha value is -2.77. The van der Waals surface area contributed by atoms with E-state index >= 15 is 0 Å². The van der Waals surface area contributed by atoms with E-state index in [2.05, 4.69) is 4.72 Å². The highest BCUT2D eigenvalue weighted by atomic mass is 32.2. The number of rotatable bonds is 8. The zero-order chi connectivity index (χ0) is 20.7. The molecule has 0 saturated carbocycles. The van der Waals surface area contributed by atoms with E-state index in [1.165, 1.54) is 6.08 Å². The number of hydrogen-bond acceptors (Lipinski definition) is 5. The summed E-state index contributed by atoms with van der Waals surface area (Å²) < 4.78 is 30.9. The lowest BCUT2D eigenvalue weighted by atomic mass is 10.0. The molecule has 2 aromatic carbocycles. The van der Waals surface area contributed by atoms with Crippen molar-refractivity contribution in [3.05, 3.63) is 75.7 Å². The first-order valence-corrected chi connectivity index (χ1v) is 10.2. The number of carbonyl (C=O) groups is 2. The van der Waals surface area contributed by atoms with E-state index in [-0.39, 0.29) is 5.78 Å². The molecule has 0 amide bonds. The summed E-state index contributed by atoms with van der Waals surface area (Å²) in [7, 11) is -3.80. The Balaban J connectivity index is 1.84. The maximum absolute atomic E-state index is 12.2. The third-order valence-electron chi connectivity index (χ3n) is 3.99. The Kier molecular flexibility index (Phi) is 7.25. The number of aryl methyl sites for hydroxylation is 3. The maximum Gasteiger partial charge on any atom is 0.321 e. The number of Topliss-reactive ketones (excluding diaryl/α,β-unsaturated/α-hetero) is 1. The third-order valence-corrected chi connectivity index (χ3v) is 5.03. The Labute approximate surface area is 165 Å². The topological polar surface area (TPSA) is 89.5 Å². The molecule has 0 aliphatic carbocycles. The summed E-state index contributed by atoms with van der Waals surface area (Å²) in [6, 6.07) is 12.7. The molecule has 0 heterocycles. The number of nitrogens with one attached hydrogen (secondary N) is 1. The minimum absolute atomic E-state index is 0.336. The number of benzene rings is 2. The molecule has 2 aromatic rings. The first-order valence-electron chi connectivity index (χ1n) is 8.67. The summed E-state index contributed by atoms with van der Waals surface area (Å²) in [6.07, 6.45) is 1.43. The number of hydrogen-bond donors (Lipinski definition) is 1. The van der Waals surface area contributed by atoms with Gasteiger partial charge in [-0.3, -0.25) is 9.59 Å². The second-order valence-electron chi connectivity index (χ2n) is 6.48. The molecular formula is C21H23NO5S. The van der Waals surface area contributed by atoms with Crippen LogP contribution in [0.1, 0.15) is 32.6 Å². The predicted octanol–water partition coefficient (Wildman–Crippen LogP) is 2.93. The summed E-state index contributed by atoms with van der Waals surface area (Å²) in [4.78, 5) is 23.9. The smallest absolute Gasteiger partial charge is 0.321 e. The first kappa shape index (κ1) is 21.5. The number of ketones is 1. The van der Waals surface area contributed by atoms with Gasteiger partial charge in [0.2, 0.25) is 15.8 Å². The highest BCUT2D eigenvalue weighted by Gasteiger charge is 2.14. The van der Waals surface area contributed by atoms with Crippen LogP contribution in [-0.2, 0) is 19.6 Å². The molecule has 0 aromatic heterocycles. The summed E-state index contributed by atoms with van der Waals surface area (Å²) in [5.41, 5.74) is 3.98. The molecule has 1 N–H and O–H groups in total. The summed E-state index contributed by atoms with van der Waals surface area (Å²) in [5.74, 6) is -1.16. The van der Waals surface area contributed by atoms with Gasteiger partial charge in [-0.15, -0.1) is 0 Å². The molecule has 0 aliphatic heterocycles. The van der Waals surface area contributed by atoms with Crippen LogP contribution in [0.4, 0.5) is 0 Å². The monoisotopic (exact) mass is 401 g/mol. The molecule has 2 rings (SSSR count). The van der Waals surface area contributed by atoms with Crippen LogP contribution in [0.15, 0.2) is 47.9 Å². The molecule has 0 radical (unpaired) electrons. The van der Waals surface area contributed by atoms with Gasteiger partial charge in [-0.1, -0.05) is 47.5 Å². The van der Waals surface area contributed by atoms with Gasteiger partial charge >= 0.3 is 5.97 Å². The molecule has 7 heteroatoms. The van der Waals surface area contributed by atoms with E-state index in [9.17, 15) is 18.0 Å². The minimum Gasteiger partial charge on any atom is -0.456 e. The van der Waals surface area contributed by atoms with E-state index in [0.29, 0.717) is 5.56 Å². The normalized spacial score (nSPS) is 11.5. The third kappa shape index (κ3) is 6.75. The van der Waals surface area contributed by atoms with Gasteiger partial charge in [0.1, 0.15) is 6.54 Å². The summed E-state index contributed by atoms with van der Waals surface area (Å²) in [5, 5.41) is 0.978. The molecule has 0 atom stereocenters. The van der Waals surface area contributed by atoms with Gasteiger partial charge in [0.05, 0.1) is 0 Å². The molecule has 0 fully saturated rings. The average molecular weight is 401 g/mol. The standard InChI is InChI=1S/C21H23NO5S/c1-15-5-8-18(9-6-15)10-11-28(25,26)22-13-21(24)27-14-20(23)19-12-16(2)4-7-17(19)3/h4-12,22H,13-14H2,1-3H3/b11-10+. The molecule has 0 aliphatic rings. The van der Waals surface area contributed by atoms with Crippen LogP contribution in [-0.4, -0.2) is 33.3 Å². The van der Waals surface area contributed by atoms with E-state index < -0.39 is 29.1 Å². The van der Waals surface area contributed by atoms with Crippen LogP contribution in [0.25, 0.3) is 6.08 Å². The Morgan fingerprint density at radius 1 is 1.00 bits per heavy atom. The number of ether oxygens (including phenoxy) is 1. The Morgan fingerprint density at radius 3 is 2.32 bits per heavy atom. The van der Waals surface area contributed by atoms with Crippen LogP contribution in [0, 0.1) is 20.8 Å². The fourth-order valence-corrected chi connectivity index (χ4v) is 3.12. The van der Waals surface area contributed by atoms with Crippen LogP contribution < -0.4 is 4.72 Å². The molecule has 0 unspecified atom stereocenters. The van der Waals surface area contributed by atoms with Gasteiger partial charge in [0.15, 0.2) is 6.61 Å². The molecule has 148 valence electrons. The van der Waals surface area contributed by atoms with Crippen LogP contribution in [0.5, 0.6) is 0 Å². The Bertz CT molecular complexity index is 992. The van der Waals surface area contributed by atoms with Crippen molar-refractivity contribution >= 4 is 27.9 Å². The number of carbonyl (C=O) groups excluding carboxylic acids is 2. The SMILES string of the molecule is Cc1ccc(/C=C/S(=O)(=O)NCC(=O)OCC(=O)c2cc(C)ccc2C)cc1. The first-order chi connectivity index (χ1) is 13.2. The van der Waals surface area contributed by atoms with Crippen molar-refractivity contribution in [3.8, 4) is 0 Å². The van der Waals surface area contributed by atoms with E-state index in [1.807, 2.05) is 38.1 Å². The van der Waals surface area contributed by atoms with Crippen LogP contribution in [0.3, 0.4) is 0 Å². The fraction of sp³-hybridized carbons (Fsp3) is 0.238. The van der Waals surface area contributed by atoms with Crippen molar-refractivity contribution in [3.63, 3.8) is 0 Å². The van der Waals surface area contributed by atoms with Gasteiger partial charge in [-0.2, -0.15) is 0 Å². The number of sulfonamides is 1. The molecule has 6 nitrogen and oxygen atoms in total. The lowest BCUT2D eigenvalue weighted by molar-refractivity contribution is -0.141. The van der Waals surface area contributed by atoms with Crippen molar-refractivity contribution in [2.24, 2.45) is 0 Å². The zero-order valence-electron chi connectivity index (χ0n) is 16.1. The highest BCUT2D eigenvalue weighted by Crippen LogP contribution is 2.11. The van der Waals surface area contributed by atoms with Gasteiger partial charge < -0.3 is 4.74 Å². The van der Waals surface area contributed by atoms with Crippen molar-refractivity contribution in [1.82, 2.24) is 4.72 Å². The lowest BCUT2D eigenvalue weighted by Gasteiger charge is -2.08. The average Bonchev–Trinajstić information content (AvgIpc) is 2.66. The van der Waals surface area contributed by atoms with Gasteiger partial charge in [0, 0.05) is 11.0 Å². The lowest BCUT2D eigenvalue weighted by Crippen LogP contribution is -2.30. The minimum atomic E-state index is -3.80. The summed E-state index contributed by atoms with van der Waals surface area (Å²) >= 11 is 0. The quantitative estimate of drug-likeness (QED) is 0.543. The van der Waals surface area contributed by atoms with Gasteiger partial charge in [-0.05, 0) is 44.0 Å². The summed E-state index contributed by atoms with van der Waals surface area (Å²) in [6.45, 7) is 4.59. The molecule has 0 bridgehead atoms. The van der Waals surface area contributed by atoms with Gasteiger partial charge in [-0.25, -0.2) is 13.1 Å². The predicted molar refractivity (Wildman–Crippen MR) is 108 cm³/mol. The van der Waals surface area contributed by atoms with Crippen LogP contribution in [0.2, 0.25) is 0 Å².